The molecule has 102 valence electrons. The molecule has 1 fully saturated rings. The lowest BCUT2D eigenvalue weighted by Crippen LogP contribution is -2.56. The maximum atomic E-state index is 9.54. The molecular weight excluding hydrogens is 212 g/mol. The first-order valence-corrected chi connectivity index (χ1v) is 7.08. The lowest BCUT2D eigenvalue weighted by Gasteiger charge is -2.41. The van der Waals surface area contributed by atoms with Gasteiger partial charge in [-0.15, -0.1) is 0 Å². The number of nitrogens with one attached hydrogen (secondary N) is 1. The molecule has 1 rings (SSSR count). The van der Waals surface area contributed by atoms with Crippen LogP contribution in [0.3, 0.4) is 0 Å². The summed E-state index contributed by atoms with van der Waals surface area (Å²) in [6.45, 7) is 8.60. The lowest BCUT2D eigenvalue weighted by atomic mass is 9.84. The normalized spacial score (nSPS) is 29.3. The SMILES string of the molecule is CCNC(C)(CO)CN(C)C1CCCCC1C. The second kappa shape index (κ2) is 6.72. The predicted octanol–water partition coefficient (Wildman–Crippen LogP) is 1.86. The van der Waals surface area contributed by atoms with E-state index in [1.54, 1.807) is 0 Å². The van der Waals surface area contributed by atoms with E-state index in [1.807, 2.05) is 0 Å². The van der Waals surface area contributed by atoms with Crippen molar-refractivity contribution < 1.29 is 5.11 Å². The molecule has 0 spiro atoms. The quantitative estimate of drug-likeness (QED) is 0.746. The molecule has 1 aliphatic rings. The Kier molecular flexibility index (Phi) is 5.90. The zero-order valence-corrected chi connectivity index (χ0v) is 12.0. The highest BCUT2D eigenvalue weighted by molar-refractivity contribution is 4.89. The molecular formula is C14H30N2O. The van der Waals surface area contributed by atoms with Crippen molar-refractivity contribution in [1.82, 2.24) is 10.2 Å². The van der Waals surface area contributed by atoms with Crippen LogP contribution in [-0.4, -0.2) is 48.3 Å². The van der Waals surface area contributed by atoms with Gasteiger partial charge in [0, 0.05) is 12.6 Å². The van der Waals surface area contributed by atoms with Crippen LogP contribution < -0.4 is 5.32 Å². The fourth-order valence-electron chi connectivity index (χ4n) is 3.21. The molecule has 1 saturated carbocycles. The minimum absolute atomic E-state index is 0.166. The van der Waals surface area contributed by atoms with Gasteiger partial charge in [0.25, 0.3) is 0 Å². The largest absolute Gasteiger partial charge is 0.394 e. The van der Waals surface area contributed by atoms with E-state index in [1.165, 1.54) is 25.7 Å². The van der Waals surface area contributed by atoms with Crippen LogP contribution in [0, 0.1) is 5.92 Å². The van der Waals surface area contributed by atoms with Gasteiger partial charge in [0.15, 0.2) is 0 Å². The third-order valence-corrected chi connectivity index (χ3v) is 4.18. The van der Waals surface area contributed by atoms with Crippen LogP contribution in [0.25, 0.3) is 0 Å². The average molecular weight is 242 g/mol. The van der Waals surface area contributed by atoms with Crippen LogP contribution >= 0.6 is 0 Å². The number of rotatable bonds is 6. The van der Waals surface area contributed by atoms with Crippen molar-refractivity contribution in [3.63, 3.8) is 0 Å². The Hall–Kier alpha value is -0.120. The summed E-state index contributed by atoms with van der Waals surface area (Å²) in [6, 6.07) is 0.688. The van der Waals surface area contributed by atoms with Gasteiger partial charge in [-0.05, 0) is 39.3 Å². The van der Waals surface area contributed by atoms with Gasteiger partial charge < -0.3 is 15.3 Å². The van der Waals surface area contributed by atoms with Crippen LogP contribution in [0.5, 0.6) is 0 Å². The second-order valence-electron chi connectivity index (χ2n) is 5.99. The van der Waals surface area contributed by atoms with E-state index in [4.69, 9.17) is 0 Å². The van der Waals surface area contributed by atoms with Gasteiger partial charge in [0.2, 0.25) is 0 Å². The Bertz CT molecular complexity index is 222. The summed E-state index contributed by atoms with van der Waals surface area (Å²) in [4.78, 5) is 2.45. The predicted molar refractivity (Wildman–Crippen MR) is 73.2 cm³/mol. The van der Waals surface area contributed by atoms with Gasteiger partial charge >= 0.3 is 0 Å². The molecule has 0 radical (unpaired) electrons. The van der Waals surface area contributed by atoms with E-state index < -0.39 is 0 Å². The van der Waals surface area contributed by atoms with E-state index in [0.29, 0.717) is 6.04 Å². The van der Waals surface area contributed by atoms with E-state index in [2.05, 4.69) is 38.0 Å². The maximum Gasteiger partial charge on any atom is 0.0623 e. The zero-order valence-electron chi connectivity index (χ0n) is 12.0. The van der Waals surface area contributed by atoms with Crippen molar-refractivity contribution in [2.75, 3.05) is 26.7 Å². The summed E-state index contributed by atoms with van der Waals surface area (Å²) < 4.78 is 0. The Morgan fingerprint density at radius 3 is 2.53 bits per heavy atom. The highest BCUT2D eigenvalue weighted by Gasteiger charge is 2.30. The lowest BCUT2D eigenvalue weighted by molar-refractivity contribution is 0.0782. The molecule has 3 atom stereocenters. The smallest absolute Gasteiger partial charge is 0.0623 e. The summed E-state index contributed by atoms with van der Waals surface area (Å²) in [7, 11) is 2.21. The fourth-order valence-corrected chi connectivity index (χ4v) is 3.21. The summed E-state index contributed by atoms with van der Waals surface area (Å²) in [5, 5.41) is 12.9. The fraction of sp³-hybridized carbons (Fsp3) is 1.00. The molecule has 3 heteroatoms. The van der Waals surface area contributed by atoms with Gasteiger partial charge in [0.1, 0.15) is 0 Å². The van der Waals surface area contributed by atoms with Crippen molar-refractivity contribution in [1.29, 1.82) is 0 Å². The molecule has 0 saturated heterocycles. The molecule has 0 amide bonds. The minimum atomic E-state index is -0.166. The Balaban J connectivity index is 2.53. The van der Waals surface area contributed by atoms with Crippen LogP contribution in [0.1, 0.15) is 46.5 Å². The van der Waals surface area contributed by atoms with Gasteiger partial charge in [0.05, 0.1) is 12.1 Å². The van der Waals surface area contributed by atoms with Crippen molar-refractivity contribution in [2.45, 2.75) is 58.0 Å². The first-order chi connectivity index (χ1) is 8.02. The highest BCUT2D eigenvalue weighted by atomic mass is 16.3. The molecule has 1 aliphatic carbocycles. The average Bonchev–Trinajstić information content (AvgIpc) is 2.29. The van der Waals surface area contributed by atoms with E-state index in [0.717, 1.165) is 19.0 Å². The standard InChI is InChI=1S/C14H30N2O/c1-5-15-14(3,11-17)10-16(4)13-9-7-6-8-12(13)2/h12-13,15,17H,5-11H2,1-4H3. The van der Waals surface area contributed by atoms with Gasteiger partial charge in [-0.3, -0.25) is 0 Å². The molecule has 3 unspecified atom stereocenters. The van der Waals surface area contributed by atoms with Gasteiger partial charge in [-0.2, -0.15) is 0 Å². The Morgan fingerprint density at radius 1 is 1.35 bits per heavy atom. The number of hydrogen-bond donors (Lipinski definition) is 2. The second-order valence-corrected chi connectivity index (χ2v) is 5.99. The van der Waals surface area contributed by atoms with E-state index >= 15 is 0 Å². The molecule has 0 bridgehead atoms. The highest BCUT2D eigenvalue weighted by Crippen LogP contribution is 2.28. The molecule has 0 aliphatic heterocycles. The first kappa shape index (κ1) is 14.9. The third-order valence-electron chi connectivity index (χ3n) is 4.18. The monoisotopic (exact) mass is 242 g/mol. The number of likely N-dealkylation sites (N-methyl/N-ethyl adjacent to an activating group) is 2. The molecule has 0 aromatic carbocycles. The number of aliphatic hydroxyl groups is 1. The first-order valence-electron chi connectivity index (χ1n) is 7.08. The zero-order chi connectivity index (χ0) is 12.9. The molecule has 0 aromatic heterocycles. The third kappa shape index (κ3) is 4.23. The number of hydrogen-bond acceptors (Lipinski definition) is 3. The molecule has 2 N–H and O–H groups in total. The summed E-state index contributed by atoms with van der Waals surface area (Å²) in [6.07, 6.45) is 5.41. The van der Waals surface area contributed by atoms with Crippen molar-refractivity contribution >= 4 is 0 Å². The van der Waals surface area contributed by atoms with Crippen LogP contribution in [0.15, 0.2) is 0 Å². The maximum absolute atomic E-state index is 9.54. The van der Waals surface area contributed by atoms with E-state index in [9.17, 15) is 5.11 Å². The summed E-state index contributed by atoms with van der Waals surface area (Å²) >= 11 is 0. The van der Waals surface area contributed by atoms with Crippen LogP contribution in [0.2, 0.25) is 0 Å². The molecule has 17 heavy (non-hydrogen) atoms. The van der Waals surface area contributed by atoms with Crippen molar-refractivity contribution in [2.24, 2.45) is 5.92 Å². The van der Waals surface area contributed by atoms with Crippen LogP contribution in [0.4, 0.5) is 0 Å². The van der Waals surface area contributed by atoms with Crippen molar-refractivity contribution in [3.05, 3.63) is 0 Å². The Morgan fingerprint density at radius 2 is 2.00 bits per heavy atom. The summed E-state index contributed by atoms with van der Waals surface area (Å²) in [5.41, 5.74) is -0.166. The van der Waals surface area contributed by atoms with Gasteiger partial charge in [-0.1, -0.05) is 26.7 Å². The van der Waals surface area contributed by atoms with Crippen molar-refractivity contribution in [3.8, 4) is 0 Å². The van der Waals surface area contributed by atoms with Gasteiger partial charge in [-0.25, -0.2) is 0 Å². The number of nitrogens with zero attached hydrogens (tertiary/aromatic N) is 1. The molecule has 0 heterocycles. The molecule has 0 aromatic rings. The van der Waals surface area contributed by atoms with E-state index in [-0.39, 0.29) is 12.1 Å². The number of aliphatic hydroxyl groups excluding tert-OH is 1. The molecule has 3 nitrogen and oxygen atoms in total. The summed E-state index contributed by atoms with van der Waals surface area (Å²) in [5.74, 6) is 0.790. The topological polar surface area (TPSA) is 35.5 Å². The minimum Gasteiger partial charge on any atom is -0.394 e. The van der Waals surface area contributed by atoms with Crippen LogP contribution in [-0.2, 0) is 0 Å². The Labute approximate surface area is 107 Å².